The fraction of sp³-hybridized carbons (Fsp3) is 0.412. The van der Waals surface area contributed by atoms with Gasteiger partial charge in [0.2, 0.25) is 0 Å². The van der Waals surface area contributed by atoms with E-state index in [1.54, 1.807) is 22.6 Å². The molecular weight excluding hydrogens is 518 g/mol. The van der Waals surface area contributed by atoms with Gasteiger partial charge in [0.25, 0.3) is 5.56 Å². The predicted molar refractivity (Wildman–Crippen MR) is 109 cm³/mol. The highest BCUT2D eigenvalue weighted by atomic mass is 127. The Bertz CT molecular complexity index is 1100. The number of hydrogen-bond donors (Lipinski definition) is 2. The molecule has 29 heavy (non-hydrogen) atoms. The number of H-pyrrole nitrogens is 1. The molecule has 4 rings (SSSR count). The maximum Gasteiger partial charge on any atom is 0.530 e. The average molecular weight is 536 g/mol. The summed E-state index contributed by atoms with van der Waals surface area (Å²) in [5, 5.41) is 10.3. The molecule has 0 bridgehead atoms. The molecule has 2 aliphatic heterocycles. The number of aryl methyl sites for hydroxylation is 1. The second-order valence-corrected chi connectivity index (χ2v) is 9.50. The van der Waals surface area contributed by atoms with Gasteiger partial charge in [0.05, 0.1) is 22.9 Å². The Labute approximate surface area is 178 Å². The van der Waals surface area contributed by atoms with Crippen LogP contribution in [-0.2, 0) is 25.0 Å². The van der Waals surface area contributed by atoms with Crippen LogP contribution in [0.1, 0.15) is 23.8 Å². The Hall–Kier alpha value is -1.50. The van der Waals surface area contributed by atoms with E-state index >= 15 is 0 Å². The standard InChI is InChI=1S/C17H18IN2O8P/c1-9-3-2-4-10-7-25-29(24,28-15(9)10)26-8-13-12(21)5-14(27-13)20-6-11(18)16(22)19-17(20)23/h2-4,6,12-14,21H,5,7-8H2,1H3,(H,19,22,23)/t12-,13+,14+,29+/m0/s1. The van der Waals surface area contributed by atoms with Crippen LogP contribution in [0.2, 0.25) is 0 Å². The number of ether oxygens (including phenoxy) is 1. The van der Waals surface area contributed by atoms with Crippen LogP contribution >= 0.6 is 30.4 Å². The lowest BCUT2D eigenvalue weighted by atomic mass is 10.1. The fourth-order valence-corrected chi connectivity index (χ4v) is 4.91. The Morgan fingerprint density at radius 3 is 3.00 bits per heavy atom. The Morgan fingerprint density at radius 2 is 2.21 bits per heavy atom. The molecule has 4 atom stereocenters. The summed E-state index contributed by atoms with van der Waals surface area (Å²) in [6, 6.07) is 5.48. The number of nitrogens with one attached hydrogen (secondary N) is 1. The number of aliphatic hydroxyl groups is 1. The predicted octanol–water partition coefficient (Wildman–Crippen LogP) is 1.83. The third-order valence-electron chi connectivity index (χ3n) is 4.71. The molecule has 0 unspecified atom stereocenters. The number of hydrogen-bond acceptors (Lipinski definition) is 8. The summed E-state index contributed by atoms with van der Waals surface area (Å²) in [5.41, 5.74) is 0.432. The second kappa shape index (κ2) is 7.97. The molecule has 12 heteroatoms. The summed E-state index contributed by atoms with van der Waals surface area (Å²) in [4.78, 5) is 25.7. The van der Waals surface area contributed by atoms with Crippen LogP contribution in [-0.4, -0.2) is 33.5 Å². The molecule has 2 aromatic rings. The fourth-order valence-electron chi connectivity index (χ4n) is 3.18. The zero-order valence-electron chi connectivity index (χ0n) is 15.2. The van der Waals surface area contributed by atoms with Crippen LogP contribution in [0, 0.1) is 10.5 Å². The van der Waals surface area contributed by atoms with Gasteiger partial charge in [0, 0.05) is 18.2 Å². The number of halogens is 1. The van der Waals surface area contributed by atoms with Gasteiger partial charge < -0.3 is 14.4 Å². The van der Waals surface area contributed by atoms with E-state index in [4.69, 9.17) is 18.3 Å². The van der Waals surface area contributed by atoms with Crippen molar-refractivity contribution in [3.63, 3.8) is 0 Å². The van der Waals surface area contributed by atoms with E-state index in [-0.39, 0.29) is 19.6 Å². The van der Waals surface area contributed by atoms with Gasteiger partial charge in [-0.05, 0) is 35.1 Å². The number of nitrogens with zero attached hydrogens (tertiary/aromatic N) is 1. The minimum absolute atomic E-state index is 0.0796. The third kappa shape index (κ3) is 4.21. The first kappa shape index (κ1) is 20.8. The molecule has 0 spiro atoms. The molecule has 1 aromatic heterocycles. The molecule has 156 valence electrons. The Morgan fingerprint density at radius 1 is 1.41 bits per heavy atom. The summed E-state index contributed by atoms with van der Waals surface area (Å²) >= 11 is 1.80. The molecule has 2 N–H and O–H groups in total. The number of aromatic nitrogens is 2. The van der Waals surface area contributed by atoms with Gasteiger partial charge in [-0.25, -0.2) is 9.36 Å². The molecule has 1 aromatic carbocycles. The van der Waals surface area contributed by atoms with Crippen LogP contribution in [0.3, 0.4) is 0 Å². The van der Waals surface area contributed by atoms with Crippen molar-refractivity contribution < 1.29 is 28.0 Å². The first-order chi connectivity index (χ1) is 13.8. The van der Waals surface area contributed by atoms with E-state index in [0.29, 0.717) is 9.32 Å². The van der Waals surface area contributed by atoms with E-state index < -0.39 is 37.5 Å². The summed E-state index contributed by atoms with van der Waals surface area (Å²) < 4.78 is 36.1. The van der Waals surface area contributed by atoms with Crippen molar-refractivity contribution in [1.82, 2.24) is 9.55 Å². The van der Waals surface area contributed by atoms with Gasteiger partial charge in [0.1, 0.15) is 18.1 Å². The van der Waals surface area contributed by atoms with Crippen LogP contribution < -0.4 is 15.8 Å². The van der Waals surface area contributed by atoms with E-state index in [0.717, 1.165) is 11.1 Å². The maximum atomic E-state index is 12.8. The number of benzene rings is 1. The van der Waals surface area contributed by atoms with Gasteiger partial charge in [-0.2, -0.15) is 0 Å². The molecular formula is C17H18IN2O8P. The van der Waals surface area contributed by atoms with Gasteiger partial charge in [-0.1, -0.05) is 18.2 Å². The minimum atomic E-state index is -3.88. The number of rotatable bonds is 4. The number of fused-ring (bicyclic) bond motifs is 1. The molecule has 0 aliphatic carbocycles. The highest BCUT2D eigenvalue weighted by molar-refractivity contribution is 14.1. The summed E-state index contributed by atoms with van der Waals surface area (Å²) in [5.74, 6) is 0.460. The number of phosphoric acid groups is 1. The SMILES string of the molecule is Cc1cccc2c1O[P@@](=O)(OC[C@H]1O[C@@H](n3cc(I)c(=O)[nH]c3=O)C[C@@H]1O)OC2. The summed E-state index contributed by atoms with van der Waals surface area (Å²) in [6.45, 7) is 1.65. The summed E-state index contributed by atoms with van der Waals surface area (Å²) in [6.07, 6.45) is -1.16. The molecule has 1 fully saturated rings. The van der Waals surface area contributed by atoms with Crippen molar-refractivity contribution in [2.45, 2.75) is 38.4 Å². The van der Waals surface area contributed by atoms with Crippen LogP contribution in [0.5, 0.6) is 5.75 Å². The maximum absolute atomic E-state index is 12.8. The molecule has 0 radical (unpaired) electrons. The van der Waals surface area contributed by atoms with Crippen molar-refractivity contribution >= 4 is 30.4 Å². The van der Waals surface area contributed by atoms with Gasteiger partial charge in [-0.15, -0.1) is 0 Å². The third-order valence-corrected chi connectivity index (χ3v) is 6.80. The molecule has 1 saturated heterocycles. The van der Waals surface area contributed by atoms with Crippen molar-refractivity contribution in [3.05, 3.63) is 59.9 Å². The first-order valence-electron chi connectivity index (χ1n) is 8.77. The molecule has 0 amide bonds. The van der Waals surface area contributed by atoms with Crippen molar-refractivity contribution in [1.29, 1.82) is 0 Å². The number of aliphatic hydroxyl groups excluding tert-OH is 1. The molecule has 10 nitrogen and oxygen atoms in total. The van der Waals surface area contributed by atoms with Crippen molar-refractivity contribution in [2.24, 2.45) is 0 Å². The number of aromatic amines is 1. The number of phosphoric ester groups is 1. The quantitative estimate of drug-likeness (QED) is 0.448. The van der Waals surface area contributed by atoms with Gasteiger partial charge >= 0.3 is 13.5 Å². The number of para-hydroxylation sites is 1. The molecule has 2 aliphatic rings. The van der Waals surface area contributed by atoms with E-state index in [9.17, 15) is 19.3 Å². The van der Waals surface area contributed by atoms with E-state index in [2.05, 4.69) is 4.98 Å². The minimum Gasteiger partial charge on any atom is -0.403 e. The van der Waals surface area contributed by atoms with Gasteiger partial charge in [-0.3, -0.25) is 23.4 Å². The van der Waals surface area contributed by atoms with Crippen molar-refractivity contribution in [2.75, 3.05) is 6.61 Å². The zero-order valence-corrected chi connectivity index (χ0v) is 18.3. The normalized spacial score (nSPS) is 28.7. The average Bonchev–Trinajstić information content (AvgIpc) is 3.04. The van der Waals surface area contributed by atoms with Crippen LogP contribution in [0.15, 0.2) is 34.0 Å². The largest absolute Gasteiger partial charge is 0.530 e. The van der Waals surface area contributed by atoms with E-state index in [1.807, 2.05) is 25.1 Å². The first-order valence-corrected chi connectivity index (χ1v) is 11.3. The highest BCUT2D eigenvalue weighted by Gasteiger charge is 2.40. The monoisotopic (exact) mass is 536 g/mol. The zero-order chi connectivity index (χ0) is 20.8. The lowest BCUT2D eigenvalue weighted by Gasteiger charge is -2.27. The smallest absolute Gasteiger partial charge is 0.403 e. The van der Waals surface area contributed by atoms with Crippen LogP contribution in [0.25, 0.3) is 0 Å². The lowest BCUT2D eigenvalue weighted by Crippen LogP contribution is -2.33. The molecule has 3 heterocycles. The second-order valence-electron chi connectivity index (χ2n) is 6.75. The van der Waals surface area contributed by atoms with E-state index in [1.165, 1.54) is 10.8 Å². The summed E-state index contributed by atoms with van der Waals surface area (Å²) in [7, 11) is -3.88. The lowest BCUT2D eigenvalue weighted by molar-refractivity contribution is -0.0469. The highest BCUT2D eigenvalue weighted by Crippen LogP contribution is 2.55. The Balaban J connectivity index is 1.44. The van der Waals surface area contributed by atoms with Gasteiger partial charge in [0.15, 0.2) is 0 Å². The van der Waals surface area contributed by atoms with Crippen molar-refractivity contribution in [3.8, 4) is 5.75 Å². The molecule has 0 saturated carbocycles. The van der Waals surface area contributed by atoms with Crippen LogP contribution in [0.4, 0.5) is 0 Å². The topological polar surface area (TPSA) is 129 Å². The Kier molecular flexibility index (Phi) is 5.70.